The lowest BCUT2D eigenvalue weighted by molar-refractivity contribution is -0.112. The molecule has 0 spiro atoms. The molecule has 1 heterocycles. The highest BCUT2D eigenvalue weighted by Gasteiger charge is 2.15. The Kier molecular flexibility index (Phi) is 5.04. The molecule has 1 saturated heterocycles. The zero-order valence-corrected chi connectivity index (χ0v) is 12.0. The van der Waals surface area contributed by atoms with Gasteiger partial charge < -0.3 is 19.2 Å². The third kappa shape index (κ3) is 3.53. The number of hydrogen-bond donors (Lipinski definition) is 0. The highest BCUT2D eigenvalue weighted by atomic mass is 16.5. The summed E-state index contributed by atoms with van der Waals surface area (Å²) in [6, 6.07) is 5.85. The molecule has 0 saturated carbocycles. The molecular formula is C16H21NO3. The quantitative estimate of drug-likeness (QED) is 0.774. The Morgan fingerprint density at radius 3 is 2.45 bits per heavy atom. The molecule has 4 nitrogen and oxygen atoms in total. The monoisotopic (exact) mass is 275 g/mol. The van der Waals surface area contributed by atoms with E-state index in [4.69, 9.17) is 9.47 Å². The number of carbonyl (C=O) groups excluding carboxylic acids is 1. The Balaban J connectivity index is 1.99. The topological polar surface area (TPSA) is 38.8 Å². The van der Waals surface area contributed by atoms with Gasteiger partial charge in [-0.05, 0) is 42.8 Å². The molecule has 0 amide bonds. The van der Waals surface area contributed by atoms with Gasteiger partial charge in [-0.2, -0.15) is 0 Å². The minimum atomic E-state index is 0.237. The van der Waals surface area contributed by atoms with Crippen LogP contribution < -0.4 is 9.47 Å². The van der Waals surface area contributed by atoms with Crippen molar-refractivity contribution in [1.82, 2.24) is 4.90 Å². The third-order valence-electron chi connectivity index (χ3n) is 3.65. The second-order valence-corrected chi connectivity index (χ2v) is 4.94. The molecule has 0 bridgehead atoms. The number of ether oxygens (including phenoxy) is 2. The normalized spacial score (nSPS) is 16.4. The molecule has 0 aliphatic carbocycles. The fourth-order valence-corrected chi connectivity index (χ4v) is 2.35. The fourth-order valence-electron chi connectivity index (χ4n) is 2.35. The molecule has 1 fully saturated rings. The molecule has 1 aliphatic heterocycles. The van der Waals surface area contributed by atoms with Gasteiger partial charge in [-0.15, -0.1) is 0 Å². The average molecular weight is 275 g/mol. The smallest absolute Gasteiger partial charge is 0.161 e. The van der Waals surface area contributed by atoms with E-state index in [1.165, 1.54) is 0 Å². The zero-order chi connectivity index (χ0) is 14.4. The van der Waals surface area contributed by atoms with Gasteiger partial charge in [0.25, 0.3) is 0 Å². The average Bonchev–Trinajstić information content (AvgIpc) is 2.53. The summed E-state index contributed by atoms with van der Waals surface area (Å²) in [6.07, 6.45) is 7.11. The van der Waals surface area contributed by atoms with Crippen molar-refractivity contribution in [2.75, 3.05) is 27.3 Å². The molecule has 1 aromatic rings. The molecule has 4 heteroatoms. The Morgan fingerprint density at radius 2 is 1.85 bits per heavy atom. The predicted octanol–water partition coefficient (Wildman–Crippen LogP) is 2.59. The van der Waals surface area contributed by atoms with Gasteiger partial charge in [-0.3, -0.25) is 0 Å². The summed E-state index contributed by atoms with van der Waals surface area (Å²) in [5.74, 6) is 1.70. The van der Waals surface area contributed by atoms with Gasteiger partial charge in [0, 0.05) is 19.0 Å². The lowest BCUT2D eigenvalue weighted by Gasteiger charge is -2.28. The standard InChI is InChI=1S/C16H21NO3/c1-19-15-4-3-13(11-16(15)20-2)5-8-17-9-6-14(12-18)7-10-17/h3-5,8,11-12,14H,6-7,9-10H2,1-2H3. The highest BCUT2D eigenvalue weighted by molar-refractivity contribution is 5.56. The van der Waals surface area contributed by atoms with Gasteiger partial charge >= 0.3 is 0 Å². The number of aldehydes is 1. The van der Waals surface area contributed by atoms with E-state index in [0.717, 1.165) is 49.3 Å². The number of carbonyl (C=O) groups is 1. The Labute approximate surface area is 120 Å². The zero-order valence-electron chi connectivity index (χ0n) is 12.0. The van der Waals surface area contributed by atoms with Crippen LogP contribution in [0.15, 0.2) is 24.4 Å². The molecule has 0 atom stereocenters. The third-order valence-corrected chi connectivity index (χ3v) is 3.65. The Morgan fingerprint density at radius 1 is 1.15 bits per heavy atom. The number of likely N-dealkylation sites (tertiary alicyclic amines) is 1. The molecule has 2 rings (SSSR count). The van der Waals surface area contributed by atoms with E-state index in [9.17, 15) is 4.79 Å². The van der Waals surface area contributed by atoms with Gasteiger partial charge in [0.1, 0.15) is 6.29 Å². The summed E-state index contributed by atoms with van der Waals surface area (Å²) >= 11 is 0. The Hall–Kier alpha value is -1.97. The van der Waals surface area contributed by atoms with E-state index >= 15 is 0 Å². The first-order chi connectivity index (χ1) is 9.76. The predicted molar refractivity (Wildman–Crippen MR) is 78.9 cm³/mol. The first-order valence-electron chi connectivity index (χ1n) is 6.86. The van der Waals surface area contributed by atoms with Gasteiger partial charge in [0.2, 0.25) is 0 Å². The molecule has 1 aliphatic rings. The summed E-state index contributed by atoms with van der Waals surface area (Å²) in [4.78, 5) is 13.0. The molecule has 0 unspecified atom stereocenters. The first-order valence-corrected chi connectivity index (χ1v) is 6.86. The number of hydrogen-bond acceptors (Lipinski definition) is 4. The second kappa shape index (κ2) is 6.98. The van der Waals surface area contributed by atoms with Crippen molar-refractivity contribution in [3.63, 3.8) is 0 Å². The van der Waals surface area contributed by atoms with Crippen LogP contribution >= 0.6 is 0 Å². The van der Waals surface area contributed by atoms with Gasteiger partial charge in [-0.1, -0.05) is 6.07 Å². The lowest BCUT2D eigenvalue weighted by Crippen LogP contribution is -2.29. The summed E-state index contributed by atoms with van der Waals surface area (Å²) in [5.41, 5.74) is 1.07. The maximum Gasteiger partial charge on any atom is 0.161 e. The molecule has 0 aromatic heterocycles. The van der Waals surface area contributed by atoms with E-state index in [1.807, 2.05) is 18.2 Å². The summed E-state index contributed by atoms with van der Waals surface area (Å²) < 4.78 is 10.5. The summed E-state index contributed by atoms with van der Waals surface area (Å²) in [5, 5.41) is 0. The number of nitrogens with zero attached hydrogens (tertiary/aromatic N) is 1. The number of methoxy groups -OCH3 is 2. The fraction of sp³-hybridized carbons (Fsp3) is 0.438. The highest BCUT2D eigenvalue weighted by Crippen LogP contribution is 2.28. The molecule has 0 N–H and O–H groups in total. The van der Waals surface area contributed by atoms with Gasteiger partial charge in [0.15, 0.2) is 11.5 Å². The number of piperidine rings is 1. The minimum absolute atomic E-state index is 0.237. The van der Waals surface area contributed by atoms with E-state index in [1.54, 1.807) is 14.2 Å². The molecule has 108 valence electrons. The van der Waals surface area contributed by atoms with Crippen LogP contribution in [0.2, 0.25) is 0 Å². The Bertz CT molecular complexity index is 477. The van der Waals surface area contributed by atoms with E-state index < -0.39 is 0 Å². The van der Waals surface area contributed by atoms with Crippen LogP contribution in [0.4, 0.5) is 0 Å². The van der Waals surface area contributed by atoms with Crippen molar-refractivity contribution in [2.24, 2.45) is 5.92 Å². The molecular weight excluding hydrogens is 254 g/mol. The first kappa shape index (κ1) is 14.4. The largest absolute Gasteiger partial charge is 0.493 e. The summed E-state index contributed by atoms with van der Waals surface area (Å²) in [7, 11) is 3.26. The SMILES string of the molecule is COc1ccc(C=CN2CCC(C=O)CC2)cc1OC. The van der Waals surface area contributed by atoms with E-state index in [0.29, 0.717) is 0 Å². The van der Waals surface area contributed by atoms with E-state index in [2.05, 4.69) is 17.2 Å². The van der Waals surface area contributed by atoms with Gasteiger partial charge in [0.05, 0.1) is 14.2 Å². The second-order valence-electron chi connectivity index (χ2n) is 4.94. The molecule has 0 radical (unpaired) electrons. The number of benzene rings is 1. The van der Waals surface area contributed by atoms with Crippen molar-refractivity contribution >= 4 is 12.4 Å². The lowest BCUT2D eigenvalue weighted by atomic mass is 9.99. The minimum Gasteiger partial charge on any atom is -0.493 e. The van der Waals surface area contributed by atoms with Crippen molar-refractivity contribution in [3.8, 4) is 11.5 Å². The maximum atomic E-state index is 10.7. The van der Waals surface area contributed by atoms with Crippen LogP contribution in [0.3, 0.4) is 0 Å². The van der Waals surface area contributed by atoms with Crippen molar-refractivity contribution < 1.29 is 14.3 Å². The molecule has 20 heavy (non-hydrogen) atoms. The van der Waals surface area contributed by atoms with Crippen LogP contribution in [0.25, 0.3) is 6.08 Å². The van der Waals surface area contributed by atoms with E-state index in [-0.39, 0.29) is 5.92 Å². The van der Waals surface area contributed by atoms with Crippen molar-refractivity contribution in [2.45, 2.75) is 12.8 Å². The van der Waals surface area contributed by atoms with Crippen LogP contribution in [0, 0.1) is 5.92 Å². The number of rotatable bonds is 5. The van der Waals surface area contributed by atoms with Gasteiger partial charge in [-0.25, -0.2) is 0 Å². The van der Waals surface area contributed by atoms with Crippen LogP contribution in [-0.4, -0.2) is 38.5 Å². The van der Waals surface area contributed by atoms with Crippen LogP contribution in [-0.2, 0) is 4.79 Å². The molecule has 1 aromatic carbocycles. The van der Waals surface area contributed by atoms with Crippen molar-refractivity contribution in [1.29, 1.82) is 0 Å². The van der Waals surface area contributed by atoms with Crippen LogP contribution in [0.1, 0.15) is 18.4 Å². The van der Waals surface area contributed by atoms with Crippen molar-refractivity contribution in [3.05, 3.63) is 30.0 Å². The summed E-state index contributed by atoms with van der Waals surface area (Å²) in [6.45, 7) is 1.88. The maximum absolute atomic E-state index is 10.7. The van der Waals surface area contributed by atoms with Crippen LogP contribution in [0.5, 0.6) is 11.5 Å².